The number of carbonyl (C=O) groups is 2. The van der Waals surface area contributed by atoms with Crippen molar-refractivity contribution in [3.05, 3.63) is 53.1 Å². The third-order valence-corrected chi connectivity index (χ3v) is 6.49. The van der Waals surface area contributed by atoms with Crippen LogP contribution in [0, 0.1) is 0 Å². The summed E-state index contributed by atoms with van der Waals surface area (Å²) < 4.78 is 16.0. The normalized spacial score (nSPS) is 19.6. The van der Waals surface area contributed by atoms with Crippen molar-refractivity contribution in [2.75, 3.05) is 27.1 Å². The first kappa shape index (κ1) is 19.4. The predicted molar refractivity (Wildman–Crippen MR) is 110 cm³/mol. The number of nitrogens with one attached hydrogen (secondary N) is 1. The van der Waals surface area contributed by atoms with E-state index < -0.39 is 6.04 Å². The van der Waals surface area contributed by atoms with Gasteiger partial charge in [-0.05, 0) is 29.3 Å². The van der Waals surface area contributed by atoms with Gasteiger partial charge in [-0.3, -0.25) is 9.59 Å². The number of amides is 2. The molecule has 1 saturated heterocycles. The minimum absolute atomic E-state index is 0.0801. The number of nitrogens with zero attached hydrogens (tertiary/aromatic N) is 1. The zero-order chi connectivity index (χ0) is 20.5. The summed E-state index contributed by atoms with van der Waals surface area (Å²) in [5, 5.41) is 2.86. The van der Waals surface area contributed by atoms with Gasteiger partial charge in [0.25, 0.3) is 5.91 Å². The van der Waals surface area contributed by atoms with E-state index in [4.69, 9.17) is 14.2 Å². The van der Waals surface area contributed by atoms with E-state index in [1.165, 1.54) is 0 Å². The van der Waals surface area contributed by atoms with Crippen LogP contribution >= 0.6 is 11.8 Å². The van der Waals surface area contributed by atoms with Gasteiger partial charge in [0.1, 0.15) is 11.4 Å². The summed E-state index contributed by atoms with van der Waals surface area (Å²) in [4.78, 5) is 27.4. The van der Waals surface area contributed by atoms with E-state index in [0.29, 0.717) is 28.6 Å². The molecule has 0 aromatic heterocycles. The van der Waals surface area contributed by atoms with Gasteiger partial charge >= 0.3 is 0 Å². The van der Waals surface area contributed by atoms with Gasteiger partial charge in [0.15, 0.2) is 11.5 Å². The molecule has 2 aliphatic rings. The van der Waals surface area contributed by atoms with E-state index in [-0.39, 0.29) is 23.7 Å². The Morgan fingerprint density at radius 2 is 1.83 bits per heavy atom. The summed E-state index contributed by atoms with van der Waals surface area (Å²) in [6.07, 6.45) is 0. The van der Waals surface area contributed by atoms with Crippen LogP contribution in [-0.4, -0.2) is 49.8 Å². The molecule has 0 bridgehead atoms. The molecule has 7 nitrogen and oxygen atoms in total. The van der Waals surface area contributed by atoms with Gasteiger partial charge in [0, 0.05) is 17.9 Å². The molecule has 0 spiro atoms. The number of hydrogen-bond donors (Lipinski definition) is 1. The lowest BCUT2D eigenvalue weighted by atomic mass is 10.1. The first-order valence-corrected chi connectivity index (χ1v) is 10.2. The summed E-state index contributed by atoms with van der Waals surface area (Å²) >= 11 is 1.62. The Kier molecular flexibility index (Phi) is 5.27. The molecule has 2 unspecified atom stereocenters. The number of carbonyl (C=O) groups excluding carboxylic acids is 2. The number of ether oxygens (including phenoxy) is 3. The lowest BCUT2D eigenvalue weighted by Gasteiger charge is -2.22. The molecule has 2 heterocycles. The van der Waals surface area contributed by atoms with Crippen LogP contribution < -0.4 is 19.5 Å². The monoisotopic (exact) mass is 414 g/mol. The predicted octanol–water partition coefficient (Wildman–Crippen LogP) is 2.60. The van der Waals surface area contributed by atoms with Crippen LogP contribution in [0.5, 0.6) is 17.2 Å². The van der Waals surface area contributed by atoms with Gasteiger partial charge in [0.2, 0.25) is 11.7 Å². The number of rotatable bonds is 6. The van der Waals surface area contributed by atoms with Crippen LogP contribution in [0.25, 0.3) is 0 Å². The standard InChI is InChI=1S/C21H22N2O5S/c1-26-16-8-12(9-17(27-2)18(16)28-3)10-22-19(24)15-11-29-21-14-7-5-4-6-13(14)20(25)23(15)21/h4-9,15,21H,10-11H2,1-3H3,(H,22,24). The average molecular weight is 414 g/mol. The zero-order valence-electron chi connectivity index (χ0n) is 16.4. The number of methoxy groups -OCH3 is 3. The number of benzene rings is 2. The third kappa shape index (κ3) is 3.27. The molecule has 4 rings (SSSR count). The maximum atomic E-state index is 12.9. The SMILES string of the molecule is COc1cc(CNC(=O)C2CSC3c4ccccc4C(=O)N23)cc(OC)c1OC. The summed E-state index contributed by atoms with van der Waals surface area (Å²) in [5.74, 6) is 1.88. The maximum Gasteiger partial charge on any atom is 0.256 e. The van der Waals surface area contributed by atoms with E-state index in [1.807, 2.05) is 24.3 Å². The fourth-order valence-corrected chi connectivity index (χ4v) is 5.25. The van der Waals surface area contributed by atoms with Gasteiger partial charge in [-0.2, -0.15) is 0 Å². The first-order valence-electron chi connectivity index (χ1n) is 9.18. The smallest absolute Gasteiger partial charge is 0.256 e. The Morgan fingerprint density at radius 1 is 1.14 bits per heavy atom. The van der Waals surface area contributed by atoms with Gasteiger partial charge in [-0.1, -0.05) is 18.2 Å². The van der Waals surface area contributed by atoms with Crippen LogP contribution in [0.3, 0.4) is 0 Å². The Bertz CT molecular complexity index is 939. The molecular weight excluding hydrogens is 392 g/mol. The Labute approximate surface area is 173 Å². The zero-order valence-corrected chi connectivity index (χ0v) is 17.2. The topological polar surface area (TPSA) is 77.1 Å². The highest BCUT2D eigenvalue weighted by Crippen LogP contribution is 2.48. The summed E-state index contributed by atoms with van der Waals surface area (Å²) in [7, 11) is 4.64. The van der Waals surface area contributed by atoms with Gasteiger partial charge < -0.3 is 24.4 Å². The number of fused-ring (bicyclic) bond motifs is 3. The van der Waals surface area contributed by atoms with Crippen molar-refractivity contribution in [3.8, 4) is 17.2 Å². The second-order valence-corrected chi connectivity index (χ2v) is 7.87. The van der Waals surface area contributed by atoms with Crippen LogP contribution in [-0.2, 0) is 11.3 Å². The van der Waals surface area contributed by atoms with E-state index in [0.717, 1.165) is 11.1 Å². The second-order valence-electron chi connectivity index (χ2n) is 6.75. The van der Waals surface area contributed by atoms with Crippen molar-refractivity contribution in [1.29, 1.82) is 0 Å². The lowest BCUT2D eigenvalue weighted by molar-refractivity contribution is -0.124. The van der Waals surface area contributed by atoms with Gasteiger partial charge in [-0.25, -0.2) is 0 Å². The number of thioether (sulfide) groups is 1. The molecule has 152 valence electrons. The Morgan fingerprint density at radius 3 is 2.48 bits per heavy atom. The highest BCUT2D eigenvalue weighted by Gasteiger charge is 2.48. The minimum atomic E-state index is -0.494. The van der Waals surface area contributed by atoms with E-state index in [1.54, 1.807) is 50.1 Å². The van der Waals surface area contributed by atoms with Crippen molar-refractivity contribution < 1.29 is 23.8 Å². The lowest BCUT2D eigenvalue weighted by Crippen LogP contribution is -2.45. The second kappa shape index (κ2) is 7.87. The van der Waals surface area contributed by atoms with Crippen LogP contribution in [0.2, 0.25) is 0 Å². The first-order chi connectivity index (χ1) is 14.1. The third-order valence-electron chi connectivity index (χ3n) is 5.19. The van der Waals surface area contributed by atoms with E-state index >= 15 is 0 Å². The molecule has 0 aliphatic carbocycles. The maximum absolute atomic E-state index is 12.9. The average Bonchev–Trinajstić information content (AvgIpc) is 3.31. The van der Waals surface area contributed by atoms with Crippen molar-refractivity contribution in [1.82, 2.24) is 10.2 Å². The molecule has 8 heteroatoms. The highest BCUT2D eigenvalue weighted by atomic mass is 32.2. The molecule has 2 amide bonds. The fraction of sp³-hybridized carbons (Fsp3) is 0.333. The molecule has 2 aromatic rings. The van der Waals surface area contributed by atoms with Gasteiger partial charge in [0.05, 0.1) is 21.3 Å². The van der Waals surface area contributed by atoms with Crippen LogP contribution in [0.4, 0.5) is 0 Å². The van der Waals surface area contributed by atoms with Crippen molar-refractivity contribution in [2.24, 2.45) is 0 Å². The molecule has 2 atom stereocenters. The Balaban J connectivity index is 1.48. The van der Waals surface area contributed by atoms with E-state index in [9.17, 15) is 9.59 Å². The molecule has 2 aliphatic heterocycles. The summed E-state index contributed by atoms with van der Waals surface area (Å²) in [5.41, 5.74) is 2.49. The molecule has 1 N–H and O–H groups in total. The quantitative estimate of drug-likeness (QED) is 0.783. The molecule has 1 fully saturated rings. The fourth-order valence-electron chi connectivity index (χ4n) is 3.79. The van der Waals surface area contributed by atoms with Crippen molar-refractivity contribution in [2.45, 2.75) is 18.0 Å². The summed E-state index contributed by atoms with van der Waals surface area (Å²) in [6, 6.07) is 10.7. The van der Waals surface area contributed by atoms with Crippen molar-refractivity contribution in [3.63, 3.8) is 0 Å². The summed E-state index contributed by atoms with van der Waals surface area (Å²) in [6.45, 7) is 0.288. The van der Waals surface area contributed by atoms with Crippen LogP contribution in [0.15, 0.2) is 36.4 Å². The molecular formula is C21H22N2O5S. The Hall–Kier alpha value is -2.87. The van der Waals surface area contributed by atoms with E-state index in [2.05, 4.69) is 5.32 Å². The molecule has 29 heavy (non-hydrogen) atoms. The largest absolute Gasteiger partial charge is 0.493 e. The van der Waals surface area contributed by atoms with Crippen molar-refractivity contribution >= 4 is 23.6 Å². The number of hydrogen-bond acceptors (Lipinski definition) is 6. The molecule has 2 aromatic carbocycles. The van der Waals surface area contributed by atoms with Gasteiger partial charge in [-0.15, -0.1) is 11.8 Å². The van der Waals surface area contributed by atoms with Crippen LogP contribution in [0.1, 0.15) is 26.9 Å². The molecule has 0 radical (unpaired) electrons. The minimum Gasteiger partial charge on any atom is -0.493 e. The highest BCUT2D eigenvalue weighted by molar-refractivity contribution is 7.99. The molecule has 0 saturated carbocycles.